The Balaban J connectivity index is 2.00. The van der Waals surface area contributed by atoms with Crippen molar-refractivity contribution < 1.29 is 14.7 Å². The summed E-state index contributed by atoms with van der Waals surface area (Å²) in [6.45, 7) is 2.50. The van der Waals surface area contributed by atoms with Crippen LogP contribution in [0.15, 0.2) is 18.2 Å². The zero-order chi connectivity index (χ0) is 15.4. The summed E-state index contributed by atoms with van der Waals surface area (Å²) in [4.78, 5) is 25.0. The standard InChI is InChI=1S/C14H17ClN2O3S/c1-9-10(15)3-2-4-11(9)16-13(18)7-17-5-6-21-8-12(17)14(19)20/h2-4,12H,5-8H2,1H3,(H,16,18)(H,19,20). The second kappa shape index (κ2) is 7.15. The largest absolute Gasteiger partial charge is 0.480 e. The molecule has 2 rings (SSSR count). The van der Waals surface area contributed by atoms with Gasteiger partial charge in [-0.25, -0.2) is 0 Å². The number of amides is 1. The SMILES string of the molecule is Cc1c(Cl)cccc1NC(=O)CN1CCSCC1C(=O)O. The Bertz CT molecular complexity index is 553. The fourth-order valence-electron chi connectivity index (χ4n) is 2.17. The van der Waals surface area contributed by atoms with Crippen LogP contribution in [0.1, 0.15) is 5.56 Å². The average molecular weight is 329 g/mol. The van der Waals surface area contributed by atoms with Crippen LogP contribution in [0.4, 0.5) is 5.69 Å². The normalized spacial score (nSPS) is 19.2. The van der Waals surface area contributed by atoms with Crippen molar-refractivity contribution in [2.24, 2.45) is 0 Å². The van der Waals surface area contributed by atoms with Crippen LogP contribution in [-0.2, 0) is 9.59 Å². The number of carboxylic acid groups (broad SMARTS) is 1. The number of aliphatic carboxylic acids is 1. The summed E-state index contributed by atoms with van der Waals surface area (Å²) >= 11 is 7.61. The van der Waals surface area contributed by atoms with Crippen LogP contribution >= 0.6 is 23.4 Å². The van der Waals surface area contributed by atoms with Gasteiger partial charge in [-0.2, -0.15) is 11.8 Å². The number of thioether (sulfide) groups is 1. The number of nitrogens with zero attached hydrogens (tertiary/aromatic N) is 1. The third-order valence-electron chi connectivity index (χ3n) is 3.41. The number of hydrogen-bond donors (Lipinski definition) is 2. The highest BCUT2D eigenvalue weighted by atomic mass is 35.5. The maximum absolute atomic E-state index is 12.1. The first-order valence-corrected chi connectivity index (χ1v) is 8.12. The molecule has 1 heterocycles. The third-order valence-corrected chi connectivity index (χ3v) is 4.85. The molecule has 1 aromatic carbocycles. The molecular weight excluding hydrogens is 312 g/mol. The summed E-state index contributed by atoms with van der Waals surface area (Å²) < 4.78 is 0. The lowest BCUT2D eigenvalue weighted by Gasteiger charge is -2.31. The van der Waals surface area contributed by atoms with Crippen molar-refractivity contribution in [3.63, 3.8) is 0 Å². The van der Waals surface area contributed by atoms with E-state index < -0.39 is 12.0 Å². The molecule has 0 radical (unpaired) electrons. The van der Waals surface area contributed by atoms with Crippen LogP contribution in [0.2, 0.25) is 5.02 Å². The van der Waals surface area contributed by atoms with Gasteiger partial charge in [0, 0.05) is 28.8 Å². The predicted molar refractivity (Wildman–Crippen MR) is 85.1 cm³/mol. The molecule has 0 aliphatic carbocycles. The first kappa shape index (κ1) is 16.1. The molecule has 2 N–H and O–H groups in total. The van der Waals surface area contributed by atoms with Crippen LogP contribution in [0.25, 0.3) is 0 Å². The van der Waals surface area contributed by atoms with Crippen LogP contribution in [0.3, 0.4) is 0 Å². The molecule has 1 amide bonds. The number of carboxylic acids is 1. The molecule has 1 saturated heterocycles. The average Bonchev–Trinajstić information content (AvgIpc) is 2.44. The van der Waals surface area contributed by atoms with E-state index in [0.717, 1.165) is 11.3 Å². The highest BCUT2D eigenvalue weighted by Gasteiger charge is 2.30. The van der Waals surface area contributed by atoms with Crippen LogP contribution < -0.4 is 5.32 Å². The lowest BCUT2D eigenvalue weighted by molar-refractivity contribution is -0.142. The molecular formula is C14H17ClN2O3S. The minimum atomic E-state index is -0.881. The summed E-state index contributed by atoms with van der Waals surface area (Å²) in [7, 11) is 0. The van der Waals surface area contributed by atoms with Crippen molar-refractivity contribution in [1.29, 1.82) is 0 Å². The molecule has 0 bridgehead atoms. The lowest BCUT2D eigenvalue weighted by atomic mass is 10.2. The predicted octanol–water partition coefficient (Wildman–Crippen LogP) is 2.09. The smallest absolute Gasteiger partial charge is 0.321 e. The van der Waals surface area contributed by atoms with Gasteiger partial charge in [-0.15, -0.1) is 0 Å². The molecule has 21 heavy (non-hydrogen) atoms. The molecule has 0 saturated carbocycles. The van der Waals surface area contributed by atoms with E-state index in [-0.39, 0.29) is 12.5 Å². The van der Waals surface area contributed by atoms with E-state index in [9.17, 15) is 14.7 Å². The molecule has 114 valence electrons. The first-order chi connectivity index (χ1) is 9.99. The van der Waals surface area contributed by atoms with Gasteiger partial charge in [-0.3, -0.25) is 14.5 Å². The maximum Gasteiger partial charge on any atom is 0.321 e. The van der Waals surface area contributed by atoms with Crippen molar-refractivity contribution in [3.05, 3.63) is 28.8 Å². The van der Waals surface area contributed by atoms with E-state index in [0.29, 0.717) is 23.0 Å². The van der Waals surface area contributed by atoms with E-state index >= 15 is 0 Å². The summed E-state index contributed by atoms with van der Waals surface area (Å²) in [5.41, 5.74) is 1.46. The first-order valence-electron chi connectivity index (χ1n) is 6.58. The Labute approximate surface area is 132 Å². The molecule has 5 nitrogen and oxygen atoms in total. The summed E-state index contributed by atoms with van der Waals surface area (Å²) in [6.07, 6.45) is 0. The van der Waals surface area contributed by atoms with E-state index in [1.165, 1.54) is 0 Å². The quantitative estimate of drug-likeness (QED) is 0.885. The second-order valence-corrected chi connectivity index (χ2v) is 6.42. The van der Waals surface area contributed by atoms with Gasteiger partial charge in [-0.1, -0.05) is 17.7 Å². The van der Waals surface area contributed by atoms with Crippen LogP contribution in [0.5, 0.6) is 0 Å². The third kappa shape index (κ3) is 4.12. The Morgan fingerprint density at radius 3 is 3.00 bits per heavy atom. The zero-order valence-electron chi connectivity index (χ0n) is 11.6. The van der Waals surface area contributed by atoms with Crippen molar-refractivity contribution in [1.82, 2.24) is 4.90 Å². The van der Waals surface area contributed by atoms with Crippen molar-refractivity contribution in [2.45, 2.75) is 13.0 Å². The molecule has 1 aliphatic rings. The summed E-state index contributed by atoms with van der Waals surface area (Å²) in [6, 6.07) is 4.70. The highest BCUT2D eigenvalue weighted by Crippen LogP contribution is 2.23. The van der Waals surface area contributed by atoms with Crippen molar-refractivity contribution in [3.8, 4) is 0 Å². The van der Waals surface area contributed by atoms with E-state index in [1.54, 1.807) is 34.9 Å². The van der Waals surface area contributed by atoms with Crippen molar-refractivity contribution >= 4 is 40.9 Å². The molecule has 7 heteroatoms. The van der Waals surface area contributed by atoms with Gasteiger partial charge < -0.3 is 10.4 Å². The summed E-state index contributed by atoms with van der Waals surface area (Å²) in [5.74, 6) is 0.249. The zero-order valence-corrected chi connectivity index (χ0v) is 13.2. The Hall–Kier alpha value is -1.24. The second-order valence-electron chi connectivity index (χ2n) is 4.86. The van der Waals surface area contributed by atoms with Gasteiger partial charge in [0.15, 0.2) is 0 Å². The van der Waals surface area contributed by atoms with E-state index in [4.69, 9.17) is 11.6 Å². The molecule has 0 spiro atoms. The fraction of sp³-hybridized carbons (Fsp3) is 0.429. The van der Waals surface area contributed by atoms with Crippen LogP contribution in [-0.4, -0.2) is 52.5 Å². The maximum atomic E-state index is 12.1. The van der Waals surface area contributed by atoms with Gasteiger partial charge >= 0.3 is 5.97 Å². The number of anilines is 1. The monoisotopic (exact) mass is 328 g/mol. The van der Waals surface area contributed by atoms with Gasteiger partial charge in [0.1, 0.15) is 6.04 Å². The minimum absolute atomic E-state index is 0.0729. The number of halogens is 1. The van der Waals surface area contributed by atoms with Gasteiger partial charge in [0.05, 0.1) is 6.54 Å². The molecule has 1 aliphatic heterocycles. The van der Waals surface area contributed by atoms with Gasteiger partial charge in [0.25, 0.3) is 0 Å². The van der Waals surface area contributed by atoms with Crippen molar-refractivity contribution in [2.75, 3.05) is 29.9 Å². The Morgan fingerprint density at radius 1 is 1.52 bits per heavy atom. The van der Waals surface area contributed by atoms with E-state index in [1.807, 2.05) is 6.92 Å². The Morgan fingerprint density at radius 2 is 2.29 bits per heavy atom. The topological polar surface area (TPSA) is 69.6 Å². The molecule has 1 unspecified atom stereocenters. The molecule has 1 atom stereocenters. The highest BCUT2D eigenvalue weighted by molar-refractivity contribution is 7.99. The molecule has 1 fully saturated rings. The number of rotatable bonds is 4. The number of nitrogens with one attached hydrogen (secondary N) is 1. The van der Waals surface area contributed by atoms with Gasteiger partial charge in [0.2, 0.25) is 5.91 Å². The molecule has 0 aromatic heterocycles. The summed E-state index contributed by atoms with van der Waals surface area (Å²) in [5, 5.41) is 12.6. The van der Waals surface area contributed by atoms with E-state index in [2.05, 4.69) is 5.32 Å². The van der Waals surface area contributed by atoms with Crippen LogP contribution in [0, 0.1) is 6.92 Å². The fourth-order valence-corrected chi connectivity index (χ4v) is 3.45. The lowest BCUT2D eigenvalue weighted by Crippen LogP contribution is -2.50. The minimum Gasteiger partial charge on any atom is -0.480 e. The number of carbonyl (C=O) groups is 2. The van der Waals surface area contributed by atoms with Gasteiger partial charge in [-0.05, 0) is 24.6 Å². The molecule has 1 aromatic rings. The number of hydrogen-bond acceptors (Lipinski definition) is 4. The number of benzene rings is 1. The Kier molecular flexibility index (Phi) is 5.50. The number of carbonyl (C=O) groups excluding carboxylic acids is 1.